The van der Waals surface area contributed by atoms with Gasteiger partial charge in [0.1, 0.15) is 19.8 Å². The maximum atomic E-state index is 12.6. The maximum Gasteiger partial charge on any atom is 0.306 e. The smallest absolute Gasteiger partial charge is 0.306 e. The zero-order valence-corrected chi connectivity index (χ0v) is 34.6. The predicted molar refractivity (Wildman–Crippen MR) is 213 cm³/mol. The lowest BCUT2D eigenvalue weighted by Gasteiger charge is -2.28. The van der Waals surface area contributed by atoms with E-state index in [0.29, 0.717) is 23.9 Å². The molecule has 0 saturated heterocycles. The Morgan fingerprint density at radius 1 is 0.596 bits per heavy atom. The molecule has 9 nitrogen and oxygen atoms in total. The van der Waals surface area contributed by atoms with Crippen molar-refractivity contribution in [1.82, 2.24) is 0 Å². The highest BCUT2D eigenvalue weighted by Gasteiger charge is 2.21. The molecule has 0 amide bonds. The van der Waals surface area contributed by atoms with Crippen molar-refractivity contribution >= 4 is 19.8 Å². The Hall–Kier alpha value is -2.03. The van der Waals surface area contributed by atoms with Crippen LogP contribution in [-0.4, -0.2) is 70.0 Å². The second-order valence-electron chi connectivity index (χ2n) is 14.6. The molecule has 0 fully saturated rings. The Kier molecular flexibility index (Phi) is 33.4. The van der Waals surface area contributed by atoms with Gasteiger partial charge < -0.3 is 27.9 Å². The van der Waals surface area contributed by atoms with Crippen molar-refractivity contribution in [3.8, 4) is 0 Å². The first-order chi connectivity index (χ1) is 25.0. The van der Waals surface area contributed by atoms with Gasteiger partial charge in [-0.2, -0.15) is 0 Å². The molecule has 0 aromatic carbocycles. The first-order valence-corrected chi connectivity index (χ1v) is 21.8. The Bertz CT molecular complexity index is 1030. The number of ether oxygens (including phenoxy) is 2. The number of phosphoric ester groups is 1. The minimum atomic E-state index is -4.63. The number of allylic oxidation sites excluding steroid dienone is 8. The van der Waals surface area contributed by atoms with Crippen LogP contribution in [0.2, 0.25) is 0 Å². The van der Waals surface area contributed by atoms with E-state index < -0.39 is 32.5 Å². The highest BCUT2D eigenvalue weighted by molar-refractivity contribution is 7.45. The normalized spacial score (nSPS) is 14.2. The molecule has 0 rings (SSSR count). The summed E-state index contributed by atoms with van der Waals surface area (Å²) in [5.41, 5.74) is 0. The molecule has 302 valence electrons. The van der Waals surface area contributed by atoms with Gasteiger partial charge in [0.15, 0.2) is 6.10 Å². The van der Waals surface area contributed by atoms with Crippen LogP contribution in [0.3, 0.4) is 0 Å². The van der Waals surface area contributed by atoms with Crippen molar-refractivity contribution < 1.29 is 42.1 Å². The first-order valence-electron chi connectivity index (χ1n) is 20.3. The molecule has 0 N–H and O–H groups in total. The second kappa shape index (κ2) is 34.7. The van der Waals surface area contributed by atoms with E-state index in [4.69, 9.17) is 18.5 Å². The molecule has 0 spiro atoms. The van der Waals surface area contributed by atoms with Crippen LogP contribution >= 0.6 is 7.82 Å². The van der Waals surface area contributed by atoms with Gasteiger partial charge in [-0.1, -0.05) is 127 Å². The van der Waals surface area contributed by atoms with Crippen molar-refractivity contribution in [2.24, 2.45) is 0 Å². The van der Waals surface area contributed by atoms with E-state index in [1.165, 1.54) is 25.7 Å². The number of carbonyl (C=O) groups is 2. The molecule has 10 heteroatoms. The molecule has 0 bridgehead atoms. The Morgan fingerprint density at radius 3 is 1.52 bits per heavy atom. The predicted octanol–water partition coefficient (Wildman–Crippen LogP) is 10.5. The van der Waals surface area contributed by atoms with Gasteiger partial charge in [0, 0.05) is 12.8 Å². The summed E-state index contributed by atoms with van der Waals surface area (Å²) in [5.74, 6) is -0.864. The number of phosphoric acid groups is 1. The van der Waals surface area contributed by atoms with Crippen LogP contribution in [0.25, 0.3) is 0 Å². The summed E-state index contributed by atoms with van der Waals surface area (Å²) in [6.45, 7) is 4.05. The zero-order chi connectivity index (χ0) is 38.6. The van der Waals surface area contributed by atoms with E-state index in [0.717, 1.165) is 89.9 Å². The second-order valence-corrected chi connectivity index (χ2v) is 16.1. The highest BCUT2D eigenvalue weighted by atomic mass is 31.2. The summed E-state index contributed by atoms with van der Waals surface area (Å²) in [6.07, 6.45) is 38.4. The monoisotopic (exact) mass is 754 g/mol. The van der Waals surface area contributed by atoms with E-state index in [1.807, 2.05) is 21.1 Å². The number of unbranched alkanes of at least 4 members (excludes halogenated alkanes) is 14. The van der Waals surface area contributed by atoms with Crippen LogP contribution < -0.4 is 4.89 Å². The van der Waals surface area contributed by atoms with E-state index >= 15 is 0 Å². The van der Waals surface area contributed by atoms with Crippen LogP contribution in [0.5, 0.6) is 0 Å². The summed E-state index contributed by atoms with van der Waals surface area (Å²) in [4.78, 5) is 37.4. The molecular formula is C42H76NO8P. The molecule has 0 aliphatic heterocycles. The quantitative estimate of drug-likeness (QED) is 0.0204. The minimum Gasteiger partial charge on any atom is -0.756 e. The number of likely N-dealkylation sites (N-methyl/N-ethyl adjacent to an activating group) is 1. The summed E-state index contributed by atoms with van der Waals surface area (Å²) in [6, 6.07) is 0. The molecule has 2 unspecified atom stereocenters. The lowest BCUT2D eigenvalue weighted by atomic mass is 10.1. The van der Waals surface area contributed by atoms with Crippen molar-refractivity contribution in [2.75, 3.05) is 47.5 Å². The molecule has 0 aromatic heterocycles. The van der Waals surface area contributed by atoms with Crippen molar-refractivity contribution in [3.63, 3.8) is 0 Å². The van der Waals surface area contributed by atoms with E-state index in [9.17, 15) is 19.0 Å². The summed E-state index contributed by atoms with van der Waals surface area (Å²) in [7, 11) is 1.14. The first kappa shape index (κ1) is 50.0. The summed E-state index contributed by atoms with van der Waals surface area (Å²) in [5, 5.41) is 0. The minimum absolute atomic E-state index is 0.0365. The van der Waals surface area contributed by atoms with Crippen LogP contribution in [-0.2, 0) is 32.7 Å². The van der Waals surface area contributed by atoms with Gasteiger partial charge in [-0.3, -0.25) is 14.2 Å². The van der Waals surface area contributed by atoms with E-state index in [-0.39, 0.29) is 26.1 Å². The van der Waals surface area contributed by atoms with Crippen LogP contribution in [0.15, 0.2) is 48.6 Å². The zero-order valence-electron chi connectivity index (χ0n) is 33.7. The van der Waals surface area contributed by atoms with Crippen molar-refractivity contribution in [2.45, 2.75) is 161 Å². The SMILES string of the molecule is CCC/C=C/C/C=C/CCCCCCCCC(=O)OCC(COP(=O)([O-])OCC[N+](C)(C)C)OC(=O)CCCCCCCC/C=C/C/C=C/CCC. The maximum absolute atomic E-state index is 12.6. The van der Waals surface area contributed by atoms with Gasteiger partial charge in [-0.15, -0.1) is 0 Å². The van der Waals surface area contributed by atoms with Gasteiger partial charge in [0.2, 0.25) is 0 Å². The van der Waals surface area contributed by atoms with Gasteiger partial charge in [0.25, 0.3) is 7.82 Å². The van der Waals surface area contributed by atoms with Crippen LogP contribution in [0.1, 0.15) is 155 Å². The number of hydrogen-bond acceptors (Lipinski definition) is 8. The number of nitrogens with zero attached hydrogens (tertiary/aromatic N) is 1. The molecule has 0 aliphatic rings. The Labute approximate surface area is 318 Å². The fourth-order valence-corrected chi connectivity index (χ4v) is 5.81. The summed E-state index contributed by atoms with van der Waals surface area (Å²) < 4.78 is 33.8. The molecule has 0 radical (unpaired) electrons. The number of quaternary nitrogens is 1. The van der Waals surface area contributed by atoms with E-state index in [2.05, 4.69) is 62.5 Å². The number of rotatable bonds is 36. The van der Waals surface area contributed by atoms with Gasteiger partial charge in [0.05, 0.1) is 27.7 Å². The lowest BCUT2D eigenvalue weighted by Crippen LogP contribution is -2.37. The lowest BCUT2D eigenvalue weighted by molar-refractivity contribution is -0.870. The van der Waals surface area contributed by atoms with Gasteiger partial charge >= 0.3 is 11.9 Å². The average Bonchev–Trinajstić information content (AvgIpc) is 3.09. The molecule has 0 saturated carbocycles. The van der Waals surface area contributed by atoms with E-state index in [1.54, 1.807) is 0 Å². The molecule has 0 aromatic rings. The Balaban J connectivity index is 4.44. The molecule has 2 atom stereocenters. The van der Waals surface area contributed by atoms with Gasteiger partial charge in [-0.25, -0.2) is 0 Å². The average molecular weight is 754 g/mol. The van der Waals surface area contributed by atoms with Crippen molar-refractivity contribution in [3.05, 3.63) is 48.6 Å². The summed E-state index contributed by atoms with van der Waals surface area (Å²) >= 11 is 0. The molecule has 0 aliphatic carbocycles. The number of carbonyl (C=O) groups excluding carboxylic acids is 2. The Morgan fingerprint density at radius 2 is 1.04 bits per heavy atom. The topological polar surface area (TPSA) is 111 Å². The van der Waals surface area contributed by atoms with Crippen LogP contribution in [0.4, 0.5) is 0 Å². The molecular weight excluding hydrogens is 677 g/mol. The fraction of sp³-hybridized carbons (Fsp3) is 0.762. The van der Waals surface area contributed by atoms with Crippen molar-refractivity contribution in [1.29, 1.82) is 0 Å². The largest absolute Gasteiger partial charge is 0.756 e. The molecule has 0 heterocycles. The highest BCUT2D eigenvalue weighted by Crippen LogP contribution is 2.38. The van der Waals surface area contributed by atoms with Gasteiger partial charge in [-0.05, 0) is 64.2 Å². The third-order valence-corrected chi connectivity index (χ3v) is 9.25. The third kappa shape index (κ3) is 37.7. The third-order valence-electron chi connectivity index (χ3n) is 8.28. The fourth-order valence-electron chi connectivity index (χ4n) is 5.08. The molecule has 52 heavy (non-hydrogen) atoms. The standard InChI is InChI=1S/C42H76NO8P/c1-6-8-10-12-14-16-18-20-22-24-26-28-30-32-34-41(44)48-38-40(39-50-52(46,47)49-37-36-43(3,4)5)51-42(45)35-33-31-29-27-25-23-21-19-17-15-13-11-9-7-2/h10-13,16-19,40H,6-9,14-15,20-39H2,1-5H3/b12-10+,13-11+,18-16+,19-17+. The number of esters is 2. The number of hydrogen-bond donors (Lipinski definition) is 0. The van der Waals surface area contributed by atoms with Crippen LogP contribution in [0, 0.1) is 0 Å².